The minimum atomic E-state index is -3.79. The summed E-state index contributed by atoms with van der Waals surface area (Å²) in [5.41, 5.74) is 2.08. The van der Waals surface area contributed by atoms with Gasteiger partial charge in [0, 0.05) is 36.1 Å². The molecule has 1 saturated carbocycles. The number of carbonyl (C=O) groups is 1. The molecule has 0 spiro atoms. The molecule has 1 aliphatic heterocycles. The number of nitrogens with zero attached hydrogens (tertiary/aromatic N) is 1. The van der Waals surface area contributed by atoms with Crippen LogP contribution >= 0.6 is 0 Å². The molecule has 1 aliphatic carbocycles. The predicted molar refractivity (Wildman–Crippen MR) is 126 cm³/mol. The highest BCUT2D eigenvalue weighted by molar-refractivity contribution is 7.89. The first-order valence-corrected chi connectivity index (χ1v) is 12.8. The lowest BCUT2D eigenvalue weighted by atomic mass is 10.1. The highest BCUT2D eigenvalue weighted by atomic mass is 32.2. The van der Waals surface area contributed by atoms with E-state index in [0.29, 0.717) is 5.69 Å². The highest BCUT2D eigenvalue weighted by Crippen LogP contribution is 2.28. The summed E-state index contributed by atoms with van der Waals surface area (Å²) in [6.45, 7) is 2.12. The summed E-state index contributed by atoms with van der Waals surface area (Å²) in [7, 11) is -2.37. The molecule has 2 aromatic rings. The van der Waals surface area contributed by atoms with Gasteiger partial charge in [-0.25, -0.2) is 13.1 Å². The number of rotatable bonds is 7. The Labute approximate surface area is 190 Å². The number of piperidine rings is 1. The number of hydrogen-bond acceptors (Lipinski definition) is 5. The molecule has 172 valence electrons. The summed E-state index contributed by atoms with van der Waals surface area (Å²) >= 11 is 0. The lowest BCUT2D eigenvalue weighted by Gasteiger charge is -2.28. The number of ether oxygens (including phenoxy) is 1. The second-order valence-corrected chi connectivity index (χ2v) is 10.2. The normalized spacial score (nSPS) is 17.3. The van der Waals surface area contributed by atoms with Crippen LogP contribution in [0.15, 0.2) is 47.4 Å². The molecule has 0 unspecified atom stereocenters. The van der Waals surface area contributed by atoms with Crippen molar-refractivity contribution in [3.05, 3.63) is 48.0 Å². The van der Waals surface area contributed by atoms with Gasteiger partial charge in [0.25, 0.3) is 5.91 Å². The van der Waals surface area contributed by atoms with Crippen molar-refractivity contribution in [2.45, 2.75) is 55.9 Å². The monoisotopic (exact) mass is 457 g/mol. The molecule has 0 bridgehead atoms. The number of amides is 1. The third-order valence-corrected chi connectivity index (χ3v) is 7.78. The fourth-order valence-corrected chi connectivity index (χ4v) is 5.97. The van der Waals surface area contributed by atoms with Crippen LogP contribution in [0.4, 0.5) is 11.4 Å². The minimum absolute atomic E-state index is 0.0139. The summed E-state index contributed by atoms with van der Waals surface area (Å²) in [6.07, 6.45) is 7.38. The fraction of sp³-hybridized carbons (Fsp3) is 0.458. The predicted octanol–water partition coefficient (Wildman–Crippen LogP) is 4.16. The van der Waals surface area contributed by atoms with E-state index in [9.17, 15) is 13.2 Å². The van der Waals surface area contributed by atoms with Crippen LogP contribution in [0.3, 0.4) is 0 Å². The van der Waals surface area contributed by atoms with Crippen molar-refractivity contribution < 1.29 is 17.9 Å². The van der Waals surface area contributed by atoms with E-state index in [-0.39, 0.29) is 28.2 Å². The average molecular weight is 458 g/mol. The van der Waals surface area contributed by atoms with Crippen molar-refractivity contribution >= 4 is 27.3 Å². The van der Waals surface area contributed by atoms with Gasteiger partial charge in [-0.15, -0.1) is 0 Å². The molecular weight excluding hydrogens is 426 g/mol. The molecule has 0 atom stereocenters. The Hall–Kier alpha value is -2.58. The molecule has 0 aromatic heterocycles. The molecule has 8 heteroatoms. The maximum Gasteiger partial charge on any atom is 0.255 e. The van der Waals surface area contributed by atoms with Crippen molar-refractivity contribution in [3.63, 3.8) is 0 Å². The highest BCUT2D eigenvalue weighted by Gasteiger charge is 2.26. The molecule has 4 rings (SSSR count). The molecule has 2 aromatic carbocycles. The molecule has 1 heterocycles. The average Bonchev–Trinajstić information content (AvgIpc) is 3.32. The minimum Gasteiger partial charge on any atom is -0.495 e. The maximum atomic E-state index is 13.0. The van der Waals surface area contributed by atoms with E-state index in [1.165, 1.54) is 38.5 Å². The van der Waals surface area contributed by atoms with Gasteiger partial charge >= 0.3 is 0 Å². The van der Waals surface area contributed by atoms with Crippen LogP contribution in [0.2, 0.25) is 0 Å². The number of anilines is 2. The van der Waals surface area contributed by atoms with Crippen molar-refractivity contribution in [1.82, 2.24) is 4.72 Å². The summed E-state index contributed by atoms with van der Waals surface area (Å²) in [6, 6.07) is 12.2. The zero-order valence-corrected chi connectivity index (χ0v) is 19.3. The van der Waals surface area contributed by atoms with Gasteiger partial charge in [-0.2, -0.15) is 0 Å². The van der Waals surface area contributed by atoms with E-state index in [4.69, 9.17) is 4.74 Å². The number of methoxy groups -OCH3 is 1. The van der Waals surface area contributed by atoms with Crippen LogP contribution in [-0.4, -0.2) is 40.6 Å². The summed E-state index contributed by atoms with van der Waals surface area (Å²) in [5, 5.41) is 2.86. The largest absolute Gasteiger partial charge is 0.495 e. The van der Waals surface area contributed by atoms with Gasteiger partial charge in [-0.3, -0.25) is 4.79 Å². The Bertz CT molecular complexity index is 1040. The molecule has 0 radical (unpaired) electrons. The molecule has 2 aliphatic rings. The number of sulfonamides is 1. The van der Waals surface area contributed by atoms with Crippen molar-refractivity contribution in [2.75, 3.05) is 30.4 Å². The maximum absolute atomic E-state index is 13.0. The first-order chi connectivity index (χ1) is 15.5. The Kier molecular flexibility index (Phi) is 7.01. The number of nitrogens with one attached hydrogen (secondary N) is 2. The van der Waals surface area contributed by atoms with E-state index in [1.54, 1.807) is 6.07 Å². The third-order valence-electron chi connectivity index (χ3n) is 6.24. The molecule has 32 heavy (non-hydrogen) atoms. The van der Waals surface area contributed by atoms with Gasteiger partial charge < -0.3 is 15.0 Å². The van der Waals surface area contributed by atoms with Crippen LogP contribution in [0.1, 0.15) is 55.3 Å². The summed E-state index contributed by atoms with van der Waals surface area (Å²) in [4.78, 5) is 15.2. The molecular formula is C24H31N3O4S. The lowest BCUT2D eigenvalue weighted by Crippen LogP contribution is -2.33. The van der Waals surface area contributed by atoms with Gasteiger partial charge in [0.15, 0.2) is 0 Å². The first-order valence-electron chi connectivity index (χ1n) is 11.3. The molecule has 2 N–H and O–H groups in total. The second kappa shape index (κ2) is 9.92. The molecule has 1 saturated heterocycles. The molecule has 7 nitrogen and oxygen atoms in total. The van der Waals surface area contributed by atoms with Crippen molar-refractivity contribution in [3.8, 4) is 5.75 Å². The molecule has 2 fully saturated rings. The zero-order valence-electron chi connectivity index (χ0n) is 18.5. The van der Waals surface area contributed by atoms with Crippen LogP contribution in [0.25, 0.3) is 0 Å². The van der Waals surface area contributed by atoms with Gasteiger partial charge in [0.05, 0.1) is 7.11 Å². The standard InChI is InChI=1S/C24H31N3O4S/c1-31-22-14-9-18(17-23(22)32(29,30)26-20-7-3-4-8-20)24(28)25-19-10-12-21(13-11-19)27-15-5-2-6-16-27/h9-14,17,20,26H,2-8,15-16H2,1H3,(H,25,28). The topological polar surface area (TPSA) is 87.7 Å². The Morgan fingerprint density at radius 2 is 1.66 bits per heavy atom. The SMILES string of the molecule is COc1ccc(C(=O)Nc2ccc(N3CCCCC3)cc2)cc1S(=O)(=O)NC1CCCC1. The number of benzene rings is 2. The fourth-order valence-electron chi connectivity index (χ4n) is 4.47. The Balaban J connectivity index is 1.49. The summed E-state index contributed by atoms with van der Waals surface area (Å²) in [5.74, 6) is -0.145. The van der Waals surface area contributed by atoms with Crippen molar-refractivity contribution in [1.29, 1.82) is 0 Å². The van der Waals surface area contributed by atoms with E-state index < -0.39 is 10.0 Å². The third kappa shape index (κ3) is 5.24. The van der Waals surface area contributed by atoms with E-state index in [0.717, 1.165) is 44.5 Å². The summed E-state index contributed by atoms with van der Waals surface area (Å²) < 4.78 is 33.9. The Morgan fingerprint density at radius 1 is 0.969 bits per heavy atom. The van der Waals surface area contributed by atoms with Gasteiger partial charge in [-0.1, -0.05) is 12.8 Å². The van der Waals surface area contributed by atoms with Gasteiger partial charge in [0.1, 0.15) is 10.6 Å². The van der Waals surface area contributed by atoms with Crippen LogP contribution < -0.4 is 19.7 Å². The zero-order chi connectivity index (χ0) is 22.6. The van der Waals surface area contributed by atoms with Crippen LogP contribution in [0, 0.1) is 0 Å². The smallest absolute Gasteiger partial charge is 0.255 e. The number of carbonyl (C=O) groups excluding carboxylic acids is 1. The Morgan fingerprint density at radius 3 is 2.31 bits per heavy atom. The number of hydrogen-bond donors (Lipinski definition) is 2. The second-order valence-electron chi connectivity index (χ2n) is 8.52. The molecule has 1 amide bonds. The van der Waals surface area contributed by atoms with Crippen molar-refractivity contribution in [2.24, 2.45) is 0 Å². The first kappa shape index (κ1) is 22.6. The van der Waals surface area contributed by atoms with E-state index in [2.05, 4.69) is 14.9 Å². The van der Waals surface area contributed by atoms with E-state index >= 15 is 0 Å². The van der Waals surface area contributed by atoms with E-state index in [1.807, 2.05) is 24.3 Å². The van der Waals surface area contributed by atoms with Gasteiger partial charge in [0.2, 0.25) is 10.0 Å². The van der Waals surface area contributed by atoms with Crippen LogP contribution in [-0.2, 0) is 10.0 Å². The van der Waals surface area contributed by atoms with Gasteiger partial charge in [-0.05, 0) is 74.6 Å². The lowest BCUT2D eigenvalue weighted by molar-refractivity contribution is 0.102. The van der Waals surface area contributed by atoms with Crippen LogP contribution in [0.5, 0.6) is 5.75 Å². The quantitative estimate of drug-likeness (QED) is 0.652.